The van der Waals surface area contributed by atoms with E-state index in [1.54, 1.807) is 17.1 Å². The molecule has 1 saturated heterocycles. The van der Waals surface area contributed by atoms with E-state index in [0.717, 1.165) is 24.0 Å². The molecule has 1 amide bonds. The summed E-state index contributed by atoms with van der Waals surface area (Å²) in [4.78, 5) is 27.1. The smallest absolute Gasteiger partial charge is 0.315 e. The van der Waals surface area contributed by atoms with E-state index in [1.807, 2.05) is 41.1 Å². The Labute approximate surface area is 240 Å². The van der Waals surface area contributed by atoms with Crippen LogP contribution in [-0.4, -0.2) is 65.7 Å². The molecule has 42 heavy (non-hydrogen) atoms. The Balaban J connectivity index is 1.21. The number of benzene rings is 1. The Hall–Kier alpha value is -4.71. The summed E-state index contributed by atoms with van der Waals surface area (Å²) in [7, 11) is 0. The van der Waals surface area contributed by atoms with E-state index in [-0.39, 0.29) is 12.1 Å². The van der Waals surface area contributed by atoms with Gasteiger partial charge in [0.1, 0.15) is 11.3 Å². The molecule has 1 aromatic carbocycles. The lowest BCUT2D eigenvalue weighted by Gasteiger charge is -2.34. The van der Waals surface area contributed by atoms with E-state index in [4.69, 9.17) is 15.7 Å². The zero-order valence-electron chi connectivity index (χ0n) is 22.7. The summed E-state index contributed by atoms with van der Waals surface area (Å²) in [5, 5.41) is 8.06. The number of nitrogens with one attached hydrogen (secondary N) is 1. The monoisotopic (exact) mass is 569 g/mol. The average molecular weight is 570 g/mol. The number of alkyl halides is 2. The predicted molar refractivity (Wildman–Crippen MR) is 153 cm³/mol. The molecule has 12 heteroatoms. The van der Waals surface area contributed by atoms with E-state index in [1.165, 1.54) is 16.0 Å². The van der Waals surface area contributed by atoms with Crippen LogP contribution >= 0.6 is 0 Å². The van der Waals surface area contributed by atoms with Crippen molar-refractivity contribution >= 4 is 22.9 Å². The average Bonchev–Trinajstić information content (AvgIpc) is 3.76. The highest BCUT2D eigenvalue weighted by Crippen LogP contribution is 2.36. The first-order chi connectivity index (χ1) is 20.5. The molecule has 0 spiro atoms. The molecular formula is C30H29F2N9O. The molecule has 0 radical (unpaired) electrons. The van der Waals surface area contributed by atoms with Gasteiger partial charge in [0, 0.05) is 49.5 Å². The van der Waals surface area contributed by atoms with Gasteiger partial charge in [0.2, 0.25) is 0 Å². The summed E-state index contributed by atoms with van der Waals surface area (Å²) in [5.74, 6) is 0.635. The van der Waals surface area contributed by atoms with Gasteiger partial charge < -0.3 is 16.0 Å². The van der Waals surface area contributed by atoms with E-state index >= 15 is 0 Å². The molecule has 1 fully saturated rings. The fraction of sp³-hybridized carbons (Fsp3) is 0.300. The van der Waals surface area contributed by atoms with Crippen LogP contribution < -0.4 is 11.1 Å². The van der Waals surface area contributed by atoms with Gasteiger partial charge in [0.25, 0.3) is 5.91 Å². The maximum Gasteiger partial charge on any atom is 0.315 e. The Morgan fingerprint density at radius 1 is 1.02 bits per heavy atom. The maximum absolute atomic E-state index is 12.8. The molecule has 2 aliphatic rings. The Kier molecular flexibility index (Phi) is 6.62. The highest BCUT2D eigenvalue weighted by Gasteiger charge is 2.31. The third-order valence-electron chi connectivity index (χ3n) is 8.20. The van der Waals surface area contributed by atoms with Crippen LogP contribution in [0.2, 0.25) is 0 Å². The first kappa shape index (κ1) is 26.2. The summed E-state index contributed by atoms with van der Waals surface area (Å²) in [5.41, 5.74) is 11.8. The number of fused-ring (bicyclic) bond motifs is 2. The molecular weight excluding hydrogens is 540 g/mol. The number of nitrogen functional groups attached to an aromatic ring is 1. The van der Waals surface area contributed by atoms with Gasteiger partial charge >= 0.3 is 6.43 Å². The van der Waals surface area contributed by atoms with Crippen LogP contribution in [0.15, 0.2) is 67.1 Å². The summed E-state index contributed by atoms with van der Waals surface area (Å²) in [6.07, 6.45) is 5.41. The van der Waals surface area contributed by atoms with Crippen molar-refractivity contribution in [1.29, 1.82) is 0 Å². The number of aryl methyl sites for hydroxylation is 1. The number of carbonyl (C=O) groups is 1. The van der Waals surface area contributed by atoms with Crippen molar-refractivity contribution in [2.24, 2.45) is 0 Å². The van der Waals surface area contributed by atoms with Crippen LogP contribution in [0.5, 0.6) is 0 Å². The number of nitrogens with two attached hydrogens (primary N) is 1. The largest absolute Gasteiger partial charge is 0.383 e. The summed E-state index contributed by atoms with van der Waals surface area (Å²) in [6, 6.07) is 16.1. The summed E-state index contributed by atoms with van der Waals surface area (Å²) in [6.45, 7) is 0.696. The molecule has 1 aliphatic carbocycles. The fourth-order valence-electron chi connectivity index (χ4n) is 6.12. The van der Waals surface area contributed by atoms with E-state index < -0.39 is 12.3 Å². The third kappa shape index (κ3) is 4.67. The maximum atomic E-state index is 12.8. The number of rotatable bonds is 6. The number of hydrogen-bond donors (Lipinski definition) is 2. The zero-order valence-corrected chi connectivity index (χ0v) is 22.7. The Morgan fingerprint density at radius 2 is 1.88 bits per heavy atom. The molecule has 1 aliphatic heterocycles. The van der Waals surface area contributed by atoms with Crippen LogP contribution in [0, 0.1) is 0 Å². The van der Waals surface area contributed by atoms with Crippen LogP contribution in [-0.2, 0) is 11.2 Å². The van der Waals surface area contributed by atoms with Gasteiger partial charge in [-0.3, -0.25) is 9.36 Å². The van der Waals surface area contributed by atoms with Gasteiger partial charge in [-0.05, 0) is 79.3 Å². The normalized spacial score (nSPS) is 17.3. The second-order valence-electron chi connectivity index (χ2n) is 10.7. The lowest BCUT2D eigenvalue weighted by molar-refractivity contribution is -0.144. The molecule has 214 valence electrons. The summed E-state index contributed by atoms with van der Waals surface area (Å²) >= 11 is 0. The number of carbonyl (C=O) groups excluding carboxylic acids is 1. The van der Waals surface area contributed by atoms with Crippen molar-refractivity contribution < 1.29 is 13.6 Å². The first-order valence-corrected chi connectivity index (χ1v) is 14.0. The molecule has 5 aromatic rings. The highest BCUT2D eigenvalue weighted by atomic mass is 19.3. The van der Waals surface area contributed by atoms with Gasteiger partial charge in [0.15, 0.2) is 17.3 Å². The molecule has 0 unspecified atom stereocenters. The Bertz CT molecular complexity index is 1760. The van der Waals surface area contributed by atoms with Gasteiger partial charge in [-0.25, -0.2) is 19.6 Å². The number of imidazole rings is 1. The van der Waals surface area contributed by atoms with Crippen molar-refractivity contribution in [3.63, 3.8) is 0 Å². The second-order valence-corrected chi connectivity index (χ2v) is 10.7. The summed E-state index contributed by atoms with van der Waals surface area (Å²) < 4.78 is 29.4. The number of halogens is 2. The molecule has 7 rings (SSSR count). The minimum atomic E-state index is -2.94. The lowest BCUT2D eigenvalue weighted by Crippen LogP contribution is -2.47. The molecule has 1 atom stereocenters. The van der Waals surface area contributed by atoms with E-state index in [2.05, 4.69) is 33.6 Å². The second kappa shape index (κ2) is 10.6. The number of pyridine rings is 2. The third-order valence-corrected chi connectivity index (χ3v) is 8.20. The van der Waals surface area contributed by atoms with Gasteiger partial charge in [-0.1, -0.05) is 6.07 Å². The number of anilines is 1. The predicted octanol–water partition coefficient (Wildman–Crippen LogP) is 4.08. The minimum Gasteiger partial charge on any atom is -0.383 e. The first-order valence-electron chi connectivity index (χ1n) is 14.0. The number of nitrogens with zero attached hydrogens (tertiary/aromatic N) is 7. The number of hydrogen-bond acceptors (Lipinski definition) is 7. The van der Waals surface area contributed by atoms with Crippen LogP contribution in [0.3, 0.4) is 0 Å². The Morgan fingerprint density at radius 3 is 2.64 bits per heavy atom. The van der Waals surface area contributed by atoms with Crippen molar-refractivity contribution in [2.45, 2.75) is 44.2 Å². The molecule has 3 N–H and O–H groups in total. The SMILES string of the molecule is Nc1ncccc1-c1nc2ccc(-n3cccn3)nc2n1-c1ccc2c(c1)CC[C@@H]2NC1CCN(C(=O)C(F)F)CC1. The number of piperidine rings is 1. The topological polar surface area (TPSA) is 120 Å². The number of aromatic nitrogens is 6. The standard InChI is InChI=1S/C30H29F2N9O/c31-26(32)30(42)39-15-10-19(11-16-39)36-23-7-4-18-17-20(5-6-21(18)23)41-28(22-3-1-12-34-27(22)33)37-24-8-9-25(38-29(24)41)40-14-2-13-35-40/h1-3,5-6,8-9,12-14,17,19,23,26,36H,4,7,10-11,15-16H2,(H2,33,34)/t23-/m0/s1. The fourth-order valence-corrected chi connectivity index (χ4v) is 6.12. The van der Waals surface area contributed by atoms with Crippen molar-refractivity contribution in [3.8, 4) is 22.9 Å². The van der Waals surface area contributed by atoms with Crippen molar-refractivity contribution in [1.82, 2.24) is 39.5 Å². The molecule has 5 heterocycles. The molecule has 0 saturated carbocycles. The van der Waals surface area contributed by atoms with E-state index in [9.17, 15) is 13.6 Å². The quantitative estimate of drug-likeness (QED) is 0.316. The van der Waals surface area contributed by atoms with Gasteiger partial charge in [-0.2, -0.15) is 13.9 Å². The van der Waals surface area contributed by atoms with Crippen LogP contribution in [0.1, 0.15) is 36.4 Å². The van der Waals surface area contributed by atoms with Gasteiger partial charge in [0.05, 0.1) is 5.56 Å². The van der Waals surface area contributed by atoms with Crippen molar-refractivity contribution in [3.05, 3.63) is 78.2 Å². The molecule has 4 aromatic heterocycles. The van der Waals surface area contributed by atoms with Crippen LogP contribution in [0.4, 0.5) is 14.6 Å². The molecule has 10 nitrogen and oxygen atoms in total. The van der Waals surface area contributed by atoms with E-state index in [0.29, 0.717) is 54.6 Å². The molecule has 0 bridgehead atoms. The number of likely N-dealkylation sites (tertiary alicyclic amines) is 1. The van der Waals surface area contributed by atoms with Crippen LogP contribution in [0.25, 0.3) is 34.1 Å². The number of amides is 1. The lowest BCUT2D eigenvalue weighted by atomic mass is 10.0. The van der Waals surface area contributed by atoms with Gasteiger partial charge in [-0.15, -0.1) is 0 Å². The highest BCUT2D eigenvalue weighted by molar-refractivity contribution is 5.83. The zero-order chi connectivity index (χ0) is 28.8. The van der Waals surface area contributed by atoms with Crippen molar-refractivity contribution in [2.75, 3.05) is 18.8 Å². The minimum absolute atomic E-state index is 0.161.